The van der Waals surface area contributed by atoms with E-state index in [0.29, 0.717) is 13.0 Å². The van der Waals surface area contributed by atoms with Crippen molar-refractivity contribution < 1.29 is 13.2 Å². The normalized spacial score (nSPS) is 13.2. The lowest BCUT2D eigenvalue weighted by molar-refractivity contribution is 0.317. The summed E-state index contributed by atoms with van der Waals surface area (Å²) < 4.78 is 27.4. The third kappa shape index (κ3) is 7.85. The molecule has 5 heteroatoms. The molecule has 0 fully saturated rings. The van der Waals surface area contributed by atoms with Gasteiger partial charge in [-0.25, -0.2) is 8.42 Å². The van der Waals surface area contributed by atoms with Gasteiger partial charge < -0.3 is 10.5 Å². The van der Waals surface area contributed by atoms with Crippen LogP contribution in [-0.4, -0.2) is 33.1 Å². The van der Waals surface area contributed by atoms with Crippen LogP contribution in [0.5, 0.6) is 5.75 Å². The topological polar surface area (TPSA) is 69.4 Å². The van der Waals surface area contributed by atoms with Crippen LogP contribution >= 0.6 is 0 Å². The molecular formula is C14H23NO3S. The van der Waals surface area contributed by atoms with Gasteiger partial charge in [0.25, 0.3) is 0 Å². The second kappa shape index (κ2) is 7.50. The molecule has 0 heterocycles. The summed E-state index contributed by atoms with van der Waals surface area (Å²) in [6.45, 7) is 2.42. The van der Waals surface area contributed by atoms with E-state index in [1.165, 1.54) is 11.8 Å². The molecule has 0 saturated heterocycles. The van der Waals surface area contributed by atoms with Gasteiger partial charge in [-0.3, -0.25) is 0 Å². The minimum absolute atomic E-state index is 0.166. The largest absolute Gasteiger partial charge is 0.494 e. The monoisotopic (exact) mass is 285 g/mol. The lowest BCUT2D eigenvalue weighted by Crippen LogP contribution is -2.15. The average Bonchev–Trinajstić information content (AvgIpc) is 2.32. The lowest BCUT2D eigenvalue weighted by Gasteiger charge is -2.08. The summed E-state index contributed by atoms with van der Waals surface area (Å²) >= 11 is 0. The van der Waals surface area contributed by atoms with Crippen LogP contribution in [0.4, 0.5) is 0 Å². The maximum absolute atomic E-state index is 10.9. The van der Waals surface area contributed by atoms with E-state index in [0.717, 1.165) is 18.6 Å². The maximum atomic E-state index is 10.9. The van der Waals surface area contributed by atoms with Crippen LogP contribution in [-0.2, 0) is 16.3 Å². The third-order valence-corrected chi connectivity index (χ3v) is 3.77. The van der Waals surface area contributed by atoms with Crippen LogP contribution in [0.3, 0.4) is 0 Å². The van der Waals surface area contributed by atoms with Gasteiger partial charge in [0.15, 0.2) is 0 Å². The molecule has 108 valence electrons. The van der Waals surface area contributed by atoms with Crippen molar-refractivity contribution in [3.8, 4) is 5.75 Å². The summed E-state index contributed by atoms with van der Waals surface area (Å²) in [7, 11) is -2.89. The second-order valence-electron chi connectivity index (χ2n) is 4.99. The van der Waals surface area contributed by atoms with E-state index < -0.39 is 9.84 Å². The predicted octanol–water partition coefficient (Wildman–Crippen LogP) is 1.78. The number of ether oxygens (including phenoxy) is 1. The van der Waals surface area contributed by atoms with Gasteiger partial charge in [-0.15, -0.1) is 0 Å². The summed E-state index contributed by atoms with van der Waals surface area (Å²) in [4.78, 5) is 0. The highest BCUT2D eigenvalue weighted by atomic mass is 32.2. The van der Waals surface area contributed by atoms with Crippen molar-refractivity contribution >= 4 is 9.84 Å². The Balaban J connectivity index is 2.32. The zero-order chi connectivity index (χ0) is 14.3. The van der Waals surface area contributed by atoms with Gasteiger partial charge in [-0.05, 0) is 43.9 Å². The quantitative estimate of drug-likeness (QED) is 0.739. The molecule has 0 aliphatic heterocycles. The summed E-state index contributed by atoms with van der Waals surface area (Å²) in [5.74, 6) is 0.942. The van der Waals surface area contributed by atoms with Crippen molar-refractivity contribution in [3.63, 3.8) is 0 Å². The lowest BCUT2D eigenvalue weighted by atomic mass is 10.1. The number of nitrogens with two attached hydrogens (primary N) is 1. The van der Waals surface area contributed by atoms with E-state index in [1.54, 1.807) is 0 Å². The van der Waals surface area contributed by atoms with Crippen LogP contribution in [0.2, 0.25) is 0 Å². The standard InChI is InChI=1S/C14H23NO3S/c1-12(15)4-5-13-6-8-14(9-7-13)18-10-3-11-19(2,16)17/h6-9,12H,3-5,10-11,15H2,1-2H3. The molecule has 0 aliphatic rings. The summed E-state index contributed by atoms with van der Waals surface area (Å²) in [5, 5.41) is 0. The Kier molecular flexibility index (Phi) is 6.31. The zero-order valence-corrected chi connectivity index (χ0v) is 12.4. The molecule has 1 atom stereocenters. The van der Waals surface area contributed by atoms with Crippen molar-refractivity contribution in [2.45, 2.75) is 32.2 Å². The molecule has 0 saturated carbocycles. The van der Waals surface area contributed by atoms with Gasteiger partial charge in [0.05, 0.1) is 12.4 Å². The Morgan fingerprint density at radius 2 is 1.89 bits per heavy atom. The molecule has 0 spiro atoms. The van der Waals surface area contributed by atoms with Crippen molar-refractivity contribution in [1.82, 2.24) is 0 Å². The molecule has 1 unspecified atom stereocenters. The Morgan fingerprint density at radius 3 is 2.42 bits per heavy atom. The molecular weight excluding hydrogens is 262 g/mol. The minimum atomic E-state index is -2.89. The van der Waals surface area contributed by atoms with Gasteiger partial charge >= 0.3 is 0 Å². The van der Waals surface area contributed by atoms with Gasteiger partial charge in [-0.1, -0.05) is 12.1 Å². The van der Waals surface area contributed by atoms with Gasteiger partial charge in [0.1, 0.15) is 15.6 Å². The van der Waals surface area contributed by atoms with E-state index in [9.17, 15) is 8.42 Å². The molecule has 0 aliphatic carbocycles. The summed E-state index contributed by atoms with van der Waals surface area (Å²) in [5.41, 5.74) is 6.95. The molecule has 1 rings (SSSR count). The molecule has 1 aromatic rings. The van der Waals surface area contributed by atoms with E-state index in [2.05, 4.69) is 0 Å². The molecule has 4 nitrogen and oxygen atoms in total. The number of aryl methyl sites for hydroxylation is 1. The highest BCUT2D eigenvalue weighted by Crippen LogP contribution is 2.14. The first-order chi connectivity index (χ1) is 8.87. The zero-order valence-electron chi connectivity index (χ0n) is 11.6. The second-order valence-corrected chi connectivity index (χ2v) is 7.25. The molecule has 0 amide bonds. The molecule has 0 bridgehead atoms. The van der Waals surface area contributed by atoms with Crippen LogP contribution in [0.1, 0.15) is 25.3 Å². The average molecular weight is 285 g/mol. The van der Waals surface area contributed by atoms with Crippen LogP contribution < -0.4 is 10.5 Å². The maximum Gasteiger partial charge on any atom is 0.147 e. The number of sulfone groups is 1. The van der Waals surface area contributed by atoms with Gasteiger partial charge in [0.2, 0.25) is 0 Å². The van der Waals surface area contributed by atoms with Crippen molar-refractivity contribution in [2.75, 3.05) is 18.6 Å². The molecule has 0 aromatic heterocycles. The highest BCUT2D eigenvalue weighted by molar-refractivity contribution is 7.90. The molecule has 0 radical (unpaired) electrons. The Morgan fingerprint density at radius 1 is 1.26 bits per heavy atom. The van der Waals surface area contributed by atoms with E-state index in [4.69, 9.17) is 10.5 Å². The number of hydrogen-bond acceptors (Lipinski definition) is 4. The van der Waals surface area contributed by atoms with Crippen molar-refractivity contribution in [2.24, 2.45) is 5.73 Å². The summed E-state index contributed by atoms with van der Waals surface area (Å²) in [6.07, 6.45) is 3.69. The number of rotatable bonds is 8. The fourth-order valence-electron chi connectivity index (χ4n) is 1.66. The fourth-order valence-corrected chi connectivity index (χ4v) is 2.30. The van der Waals surface area contributed by atoms with Crippen molar-refractivity contribution in [1.29, 1.82) is 0 Å². The Hall–Kier alpha value is -1.07. The molecule has 1 aromatic carbocycles. The predicted molar refractivity (Wildman–Crippen MR) is 78.2 cm³/mol. The summed E-state index contributed by atoms with van der Waals surface area (Å²) in [6, 6.07) is 8.09. The van der Waals surface area contributed by atoms with Gasteiger partial charge in [-0.2, -0.15) is 0 Å². The Labute approximate surface area is 115 Å². The fraction of sp³-hybridized carbons (Fsp3) is 0.571. The van der Waals surface area contributed by atoms with Crippen LogP contribution in [0, 0.1) is 0 Å². The minimum Gasteiger partial charge on any atom is -0.494 e. The SMILES string of the molecule is CC(N)CCc1ccc(OCCCS(C)(=O)=O)cc1. The van der Waals surface area contributed by atoms with E-state index in [-0.39, 0.29) is 11.8 Å². The Bertz CT molecular complexity index is 466. The molecule has 2 N–H and O–H groups in total. The first-order valence-corrected chi connectivity index (χ1v) is 8.58. The van der Waals surface area contributed by atoms with Crippen molar-refractivity contribution in [3.05, 3.63) is 29.8 Å². The van der Waals surface area contributed by atoms with E-state index >= 15 is 0 Å². The first kappa shape index (κ1) is 16.0. The van der Waals surface area contributed by atoms with Crippen LogP contribution in [0.15, 0.2) is 24.3 Å². The molecule has 19 heavy (non-hydrogen) atoms. The van der Waals surface area contributed by atoms with E-state index in [1.807, 2.05) is 31.2 Å². The smallest absolute Gasteiger partial charge is 0.147 e. The third-order valence-electron chi connectivity index (χ3n) is 2.74. The number of hydrogen-bond donors (Lipinski definition) is 1. The van der Waals surface area contributed by atoms with Crippen LogP contribution in [0.25, 0.3) is 0 Å². The van der Waals surface area contributed by atoms with Gasteiger partial charge in [0, 0.05) is 12.3 Å². The first-order valence-electron chi connectivity index (χ1n) is 6.52. The number of benzene rings is 1. The highest BCUT2D eigenvalue weighted by Gasteiger charge is 2.02.